The number of halogens is 1. The maximum Gasteiger partial charge on any atom is 0.410 e. The Morgan fingerprint density at radius 2 is 1.81 bits per heavy atom. The number of cyclic esters (lactones) is 1. The maximum atomic E-state index is 12.6. The fourth-order valence-electron chi connectivity index (χ4n) is 3.82. The van der Waals surface area contributed by atoms with Crippen molar-refractivity contribution < 1.29 is 19.0 Å². The van der Waals surface area contributed by atoms with Crippen molar-refractivity contribution in [1.82, 2.24) is 4.90 Å². The van der Waals surface area contributed by atoms with E-state index in [1.54, 1.807) is 19.1 Å². The van der Waals surface area contributed by atoms with Crippen molar-refractivity contribution in [1.29, 1.82) is 0 Å². The Labute approximate surface area is 157 Å². The predicted molar refractivity (Wildman–Crippen MR) is 98.0 cm³/mol. The van der Waals surface area contributed by atoms with Gasteiger partial charge in [-0.1, -0.05) is 23.7 Å². The summed E-state index contributed by atoms with van der Waals surface area (Å²) in [5, 5.41) is 0.664. The Kier molecular flexibility index (Phi) is 4.41. The summed E-state index contributed by atoms with van der Waals surface area (Å²) < 4.78 is 16.6. The van der Waals surface area contributed by atoms with Crippen molar-refractivity contribution in [3.8, 4) is 11.5 Å². The van der Waals surface area contributed by atoms with Crippen LogP contribution in [0.4, 0.5) is 4.79 Å². The molecule has 2 aliphatic heterocycles. The van der Waals surface area contributed by atoms with Crippen LogP contribution >= 0.6 is 11.6 Å². The molecule has 0 N–H and O–H groups in total. The number of carbonyl (C=O) groups is 1. The van der Waals surface area contributed by atoms with E-state index in [1.165, 1.54) is 5.56 Å². The van der Waals surface area contributed by atoms with Crippen LogP contribution in [0.2, 0.25) is 5.02 Å². The molecule has 2 aromatic carbocycles. The standard InChI is InChI=1S/C20H20ClNO4/c1-24-18-9-13-7-8-22-16(15(13)10-19(18)25-2)11-17(26-20(22)23)12-3-5-14(21)6-4-12/h3-6,9-10,16-17H,7-8,11H2,1-2H3/t16-,17+/m0/s1. The second kappa shape index (κ2) is 6.72. The lowest BCUT2D eigenvalue weighted by molar-refractivity contribution is -0.00654. The molecule has 1 saturated heterocycles. The molecule has 6 heteroatoms. The molecule has 1 amide bonds. The quantitative estimate of drug-likeness (QED) is 0.792. The number of hydrogen-bond acceptors (Lipinski definition) is 4. The molecule has 0 radical (unpaired) electrons. The molecule has 0 aromatic heterocycles. The van der Waals surface area contributed by atoms with E-state index >= 15 is 0 Å². The van der Waals surface area contributed by atoms with E-state index < -0.39 is 0 Å². The monoisotopic (exact) mass is 373 g/mol. The Bertz CT molecular complexity index is 836. The van der Waals surface area contributed by atoms with Crippen LogP contribution in [-0.2, 0) is 11.2 Å². The summed E-state index contributed by atoms with van der Waals surface area (Å²) in [6.07, 6.45) is 0.893. The highest BCUT2D eigenvalue weighted by molar-refractivity contribution is 6.30. The molecule has 0 bridgehead atoms. The zero-order chi connectivity index (χ0) is 18.3. The molecular weight excluding hydrogens is 354 g/mol. The highest BCUT2D eigenvalue weighted by Crippen LogP contribution is 2.45. The molecular formula is C20H20ClNO4. The van der Waals surface area contributed by atoms with Crippen molar-refractivity contribution in [2.24, 2.45) is 0 Å². The Morgan fingerprint density at radius 1 is 1.12 bits per heavy atom. The van der Waals surface area contributed by atoms with Gasteiger partial charge in [-0.25, -0.2) is 4.79 Å². The van der Waals surface area contributed by atoms with Crippen molar-refractivity contribution in [2.75, 3.05) is 20.8 Å². The van der Waals surface area contributed by atoms with Gasteiger partial charge in [0, 0.05) is 18.0 Å². The lowest BCUT2D eigenvalue weighted by Gasteiger charge is -2.43. The Balaban J connectivity index is 1.71. The van der Waals surface area contributed by atoms with Gasteiger partial charge in [-0.05, 0) is 47.4 Å². The molecule has 5 nitrogen and oxygen atoms in total. The Hall–Kier alpha value is -2.40. The summed E-state index contributed by atoms with van der Waals surface area (Å²) in [4.78, 5) is 14.4. The molecule has 136 valence electrons. The fraction of sp³-hybridized carbons (Fsp3) is 0.350. The van der Waals surface area contributed by atoms with Gasteiger partial charge in [0.1, 0.15) is 6.10 Å². The average molecular weight is 374 g/mol. The molecule has 4 rings (SSSR count). The van der Waals surface area contributed by atoms with Crippen molar-refractivity contribution in [3.63, 3.8) is 0 Å². The largest absolute Gasteiger partial charge is 0.493 e. The number of hydrogen-bond donors (Lipinski definition) is 0. The van der Waals surface area contributed by atoms with Crippen LogP contribution in [0.15, 0.2) is 36.4 Å². The van der Waals surface area contributed by atoms with E-state index in [-0.39, 0.29) is 18.2 Å². The summed E-state index contributed by atoms with van der Waals surface area (Å²) in [6, 6.07) is 11.4. The lowest BCUT2D eigenvalue weighted by Crippen LogP contribution is -2.45. The molecule has 0 unspecified atom stereocenters. The third-order valence-electron chi connectivity index (χ3n) is 5.16. The third-order valence-corrected chi connectivity index (χ3v) is 5.41. The van der Waals surface area contributed by atoms with Gasteiger partial charge in [-0.15, -0.1) is 0 Å². The van der Waals surface area contributed by atoms with Crippen molar-refractivity contribution in [2.45, 2.75) is 25.0 Å². The Morgan fingerprint density at radius 3 is 2.50 bits per heavy atom. The van der Waals surface area contributed by atoms with Gasteiger partial charge in [0.2, 0.25) is 0 Å². The number of fused-ring (bicyclic) bond motifs is 3. The summed E-state index contributed by atoms with van der Waals surface area (Å²) in [7, 11) is 3.25. The molecule has 2 atom stereocenters. The topological polar surface area (TPSA) is 48.0 Å². The molecule has 2 aliphatic rings. The van der Waals surface area contributed by atoms with Crippen LogP contribution in [0.1, 0.15) is 35.3 Å². The smallest absolute Gasteiger partial charge is 0.410 e. The molecule has 2 heterocycles. The number of benzene rings is 2. The maximum absolute atomic E-state index is 12.6. The van der Waals surface area contributed by atoms with E-state index in [2.05, 4.69) is 0 Å². The van der Waals surface area contributed by atoms with Crippen molar-refractivity contribution in [3.05, 3.63) is 58.1 Å². The third kappa shape index (κ3) is 2.86. The van der Waals surface area contributed by atoms with E-state index in [0.29, 0.717) is 29.5 Å². The first-order valence-corrected chi connectivity index (χ1v) is 8.96. The highest BCUT2D eigenvalue weighted by atomic mass is 35.5. The summed E-state index contributed by atoms with van der Waals surface area (Å²) in [6.45, 7) is 0.638. The minimum absolute atomic E-state index is 0.0412. The van der Waals surface area contributed by atoms with Gasteiger partial charge >= 0.3 is 6.09 Å². The van der Waals surface area contributed by atoms with Gasteiger partial charge in [-0.3, -0.25) is 0 Å². The normalized spacial score (nSPS) is 21.5. The number of carbonyl (C=O) groups excluding carboxylic acids is 1. The minimum Gasteiger partial charge on any atom is -0.493 e. The van der Waals surface area contributed by atoms with Gasteiger partial charge in [0.15, 0.2) is 11.5 Å². The van der Waals surface area contributed by atoms with Gasteiger partial charge in [-0.2, -0.15) is 0 Å². The van der Waals surface area contributed by atoms with E-state index in [9.17, 15) is 4.79 Å². The highest BCUT2D eigenvalue weighted by Gasteiger charge is 2.40. The van der Waals surface area contributed by atoms with Crippen LogP contribution < -0.4 is 9.47 Å². The van der Waals surface area contributed by atoms with E-state index in [4.69, 9.17) is 25.8 Å². The second-order valence-corrected chi connectivity index (χ2v) is 6.96. The van der Waals surface area contributed by atoms with Gasteiger partial charge in [0.05, 0.1) is 20.3 Å². The lowest BCUT2D eigenvalue weighted by atomic mass is 9.86. The van der Waals surface area contributed by atoms with E-state index in [1.807, 2.05) is 36.4 Å². The van der Waals surface area contributed by atoms with Crippen LogP contribution in [0.5, 0.6) is 11.5 Å². The molecule has 26 heavy (non-hydrogen) atoms. The zero-order valence-electron chi connectivity index (χ0n) is 14.7. The van der Waals surface area contributed by atoms with Crippen LogP contribution in [-0.4, -0.2) is 31.8 Å². The molecule has 0 spiro atoms. The molecule has 0 saturated carbocycles. The zero-order valence-corrected chi connectivity index (χ0v) is 15.5. The number of rotatable bonds is 3. The van der Waals surface area contributed by atoms with Crippen molar-refractivity contribution >= 4 is 17.7 Å². The summed E-state index contributed by atoms with van der Waals surface area (Å²) in [5.74, 6) is 1.39. The second-order valence-electron chi connectivity index (χ2n) is 6.52. The number of methoxy groups -OCH3 is 2. The van der Waals surface area contributed by atoms with Crippen LogP contribution in [0, 0.1) is 0 Å². The average Bonchev–Trinajstić information content (AvgIpc) is 2.67. The fourth-order valence-corrected chi connectivity index (χ4v) is 3.95. The number of nitrogens with zero attached hydrogens (tertiary/aromatic N) is 1. The molecule has 1 fully saturated rings. The van der Waals surface area contributed by atoms with Gasteiger partial charge < -0.3 is 19.1 Å². The first-order valence-electron chi connectivity index (χ1n) is 8.58. The molecule has 2 aromatic rings. The summed E-state index contributed by atoms with van der Waals surface area (Å²) in [5.41, 5.74) is 3.24. The van der Waals surface area contributed by atoms with E-state index in [0.717, 1.165) is 17.5 Å². The first kappa shape index (κ1) is 17.0. The van der Waals surface area contributed by atoms with Crippen LogP contribution in [0.3, 0.4) is 0 Å². The van der Waals surface area contributed by atoms with Crippen LogP contribution in [0.25, 0.3) is 0 Å². The number of amides is 1. The van der Waals surface area contributed by atoms with Gasteiger partial charge in [0.25, 0.3) is 0 Å². The predicted octanol–water partition coefficient (Wildman–Crippen LogP) is 4.54. The SMILES string of the molecule is COc1cc2c(cc1OC)[C@@H]1C[C@H](c3ccc(Cl)cc3)OC(=O)N1CC2. The number of ether oxygens (including phenoxy) is 3. The molecule has 0 aliphatic carbocycles. The first-order chi connectivity index (χ1) is 12.6. The summed E-state index contributed by atoms with van der Waals surface area (Å²) >= 11 is 5.98. The minimum atomic E-state index is -0.292.